The maximum atomic E-state index is 11.0. The van der Waals surface area contributed by atoms with Gasteiger partial charge in [0.2, 0.25) is 0 Å². The molecule has 0 spiro atoms. The fourth-order valence-electron chi connectivity index (χ4n) is 3.01. The van der Waals surface area contributed by atoms with E-state index in [1.165, 1.54) is 19.2 Å². The van der Waals surface area contributed by atoms with E-state index < -0.39 is 4.92 Å². The number of rotatable bonds is 5. The van der Waals surface area contributed by atoms with Gasteiger partial charge in [-0.2, -0.15) is 0 Å². The van der Waals surface area contributed by atoms with Crippen LogP contribution < -0.4 is 9.47 Å². The van der Waals surface area contributed by atoms with Crippen molar-refractivity contribution in [1.29, 1.82) is 0 Å². The summed E-state index contributed by atoms with van der Waals surface area (Å²) in [6, 6.07) is 16.0. The van der Waals surface area contributed by atoms with Crippen LogP contribution in [0.1, 0.15) is 0 Å². The molecule has 8 heteroatoms. The van der Waals surface area contributed by atoms with Crippen molar-refractivity contribution in [2.24, 2.45) is 0 Å². The minimum atomic E-state index is -0.462. The van der Waals surface area contributed by atoms with Crippen molar-refractivity contribution in [2.75, 3.05) is 14.2 Å². The number of nitro groups is 1. The first-order valence-corrected chi connectivity index (χ1v) is 8.42. The van der Waals surface area contributed by atoms with E-state index in [9.17, 15) is 10.1 Å². The van der Waals surface area contributed by atoms with E-state index in [0.717, 1.165) is 16.9 Å². The van der Waals surface area contributed by atoms with Gasteiger partial charge in [0, 0.05) is 12.3 Å². The highest BCUT2D eigenvalue weighted by Crippen LogP contribution is 2.33. The fraction of sp³-hybridized carbons (Fsp3) is 0.100. The number of benzene rings is 2. The van der Waals surface area contributed by atoms with Gasteiger partial charge in [-0.3, -0.25) is 14.5 Å². The second kappa shape index (κ2) is 6.99. The molecule has 4 rings (SSSR count). The molecular formula is C20H16N4O4. The van der Waals surface area contributed by atoms with Crippen molar-refractivity contribution in [3.05, 3.63) is 70.9 Å². The average Bonchev–Trinajstić information content (AvgIpc) is 3.16. The molecule has 2 heterocycles. The first kappa shape index (κ1) is 17.5. The van der Waals surface area contributed by atoms with Crippen LogP contribution in [0.4, 0.5) is 5.69 Å². The van der Waals surface area contributed by atoms with E-state index in [1.807, 2.05) is 47.0 Å². The van der Waals surface area contributed by atoms with Crippen LogP contribution in [0.2, 0.25) is 0 Å². The lowest BCUT2D eigenvalue weighted by molar-refractivity contribution is -0.384. The van der Waals surface area contributed by atoms with Crippen LogP contribution in [0.25, 0.3) is 28.2 Å². The summed E-state index contributed by atoms with van der Waals surface area (Å²) in [5.41, 5.74) is 3.21. The lowest BCUT2D eigenvalue weighted by Crippen LogP contribution is -1.96. The predicted octanol–water partition coefficient (Wildman–Crippen LogP) is 3.99. The molecule has 2 aromatic heterocycles. The largest absolute Gasteiger partial charge is 0.497 e. The molecule has 0 N–H and O–H groups in total. The van der Waals surface area contributed by atoms with Gasteiger partial charge in [0.1, 0.15) is 11.5 Å². The predicted molar refractivity (Wildman–Crippen MR) is 104 cm³/mol. The van der Waals surface area contributed by atoms with E-state index in [1.54, 1.807) is 13.2 Å². The zero-order chi connectivity index (χ0) is 19.7. The van der Waals surface area contributed by atoms with E-state index >= 15 is 0 Å². The number of nitrogens with zero attached hydrogens (tertiary/aromatic N) is 4. The molecule has 0 bridgehead atoms. The first-order chi connectivity index (χ1) is 13.6. The highest BCUT2D eigenvalue weighted by atomic mass is 16.6. The van der Waals surface area contributed by atoms with Crippen LogP contribution in [-0.4, -0.2) is 33.7 Å². The van der Waals surface area contributed by atoms with Crippen LogP contribution in [0, 0.1) is 10.1 Å². The van der Waals surface area contributed by atoms with Gasteiger partial charge < -0.3 is 9.47 Å². The van der Waals surface area contributed by atoms with Crippen LogP contribution >= 0.6 is 0 Å². The third kappa shape index (κ3) is 3.01. The molecule has 0 aliphatic heterocycles. The van der Waals surface area contributed by atoms with Crippen LogP contribution in [0.15, 0.2) is 60.8 Å². The number of methoxy groups -OCH3 is 2. The standard InChI is InChI=1S/C20H16N4O4/c1-27-16-7-3-13(4-8-16)14-5-10-19-21-22-20(23(19)12-14)17-9-6-15(24(25)26)11-18(17)28-2/h3-12H,1-2H3. The molecule has 0 unspecified atom stereocenters. The van der Waals surface area contributed by atoms with Crippen LogP contribution in [0.3, 0.4) is 0 Å². The van der Waals surface area contributed by atoms with E-state index in [2.05, 4.69) is 10.2 Å². The Morgan fingerprint density at radius 3 is 2.36 bits per heavy atom. The summed E-state index contributed by atoms with van der Waals surface area (Å²) in [5, 5.41) is 19.5. The van der Waals surface area contributed by atoms with Gasteiger partial charge in [0.25, 0.3) is 5.69 Å². The molecule has 0 saturated heterocycles. The Kier molecular flexibility index (Phi) is 4.36. The van der Waals surface area contributed by atoms with E-state index in [0.29, 0.717) is 22.8 Å². The number of fused-ring (bicyclic) bond motifs is 1. The van der Waals surface area contributed by atoms with Gasteiger partial charge >= 0.3 is 0 Å². The number of hydrogen-bond acceptors (Lipinski definition) is 6. The Bertz CT molecular complexity index is 1170. The van der Waals surface area contributed by atoms with Crippen molar-refractivity contribution in [2.45, 2.75) is 0 Å². The van der Waals surface area contributed by atoms with Crippen molar-refractivity contribution in [3.8, 4) is 34.0 Å². The van der Waals surface area contributed by atoms with Gasteiger partial charge in [0.15, 0.2) is 11.5 Å². The van der Waals surface area contributed by atoms with E-state index in [4.69, 9.17) is 9.47 Å². The number of non-ortho nitro benzene ring substituents is 1. The first-order valence-electron chi connectivity index (χ1n) is 8.42. The highest BCUT2D eigenvalue weighted by Gasteiger charge is 2.17. The van der Waals surface area contributed by atoms with Gasteiger partial charge in [-0.05, 0) is 41.5 Å². The molecule has 0 fully saturated rings. The SMILES string of the molecule is COc1ccc(-c2ccc3nnc(-c4ccc([N+](=O)[O-])cc4OC)n3c2)cc1. The molecule has 0 radical (unpaired) electrons. The topological polar surface area (TPSA) is 91.8 Å². The minimum Gasteiger partial charge on any atom is -0.497 e. The Balaban J connectivity index is 1.83. The summed E-state index contributed by atoms with van der Waals surface area (Å²) in [6.07, 6.45) is 1.92. The second-order valence-corrected chi connectivity index (χ2v) is 6.04. The summed E-state index contributed by atoms with van der Waals surface area (Å²) >= 11 is 0. The van der Waals surface area contributed by atoms with Gasteiger partial charge in [-0.1, -0.05) is 12.1 Å². The number of nitro benzene ring substituents is 1. The van der Waals surface area contributed by atoms with Gasteiger partial charge in [-0.25, -0.2) is 0 Å². The maximum absolute atomic E-state index is 11.0. The summed E-state index contributed by atoms with van der Waals surface area (Å²) in [6.45, 7) is 0. The summed E-state index contributed by atoms with van der Waals surface area (Å²) in [7, 11) is 3.09. The van der Waals surface area contributed by atoms with Crippen molar-refractivity contribution >= 4 is 11.3 Å². The third-order valence-electron chi connectivity index (χ3n) is 4.46. The lowest BCUT2D eigenvalue weighted by Gasteiger charge is -2.08. The molecule has 4 aromatic rings. The number of aromatic nitrogens is 3. The number of pyridine rings is 1. The quantitative estimate of drug-likeness (QED) is 0.386. The summed E-state index contributed by atoms with van der Waals surface area (Å²) in [4.78, 5) is 10.6. The smallest absolute Gasteiger partial charge is 0.273 e. The normalized spacial score (nSPS) is 10.8. The zero-order valence-corrected chi connectivity index (χ0v) is 15.2. The third-order valence-corrected chi connectivity index (χ3v) is 4.46. The number of hydrogen-bond donors (Lipinski definition) is 0. The fourth-order valence-corrected chi connectivity index (χ4v) is 3.01. The molecular weight excluding hydrogens is 360 g/mol. The van der Waals surface area contributed by atoms with Gasteiger partial charge in [-0.15, -0.1) is 10.2 Å². The zero-order valence-electron chi connectivity index (χ0n) is 15.2. The maximum Gasteiger partial charge on any atom is 0.273 e. The van der Waals surface area contributed by atoms with Gasteiger partial charge in [0.05, 0.1) is 30.8 Å². The van der Waals surface area contributed by atoms with E-state index in [-0.39, 0.29) is 5.69 Å². The molecule has 28 heavy (non-hydrogen) atoms. The van der Waals surface area contributed by atoms with Crippen molar-refractivity contribution in [3.63, 3.8) is 0 Å². The van der Waals surface area contributed by atoms with Crippen molar-refractivity contribution in [1.82, 2.24) is 14.6 Å². The Morgan fingerprint density at radius 1 is 0.929 bits per heavy atom. The minimum absolute atomic E-state index is 0.0478. The average molecular weight is 376 g/mol. The molecule has 140 valence electrons. The second-order valence-electron chi connectivity index (χ2n) is 6.04. The summed E-state index contributed by atoms with van der Waals surface area (Å²) < 4.78 is 12.4. The molecule has 0 aliphatic carbocycles. The Hall–Kier alpha value is -3.94. The van der Waals surface area contributed by atoms with Crippen LogP contribution in [-0.2, 0) is 0 Å². The molecule has 8 nitrogen and oxygen atoms in total. The molecule has 0 amide bonds. The Morgan fingerprint density at radius 2 is 1.68 bits per heavy atom. The van der Waals surface area contributed by atoms with Crippen LogP contribution in [0.5, 0.6) is 11.5 Å². The van der Waals surface area contributed by atoms with Crippen molar-refractivity contribution < 1.29 is 14.4 Å². The number of ether oxygens (including phenoxy) is 2. The molecule has 2 aromatic carbocycles. The monoisotopic (exact) mass is 376 g/mol. The lowest BCUT2D eigenvalue weighted by atomic mass is 10.1. The molecule has 0 atom stereocenters. The molecule has 0 saturated carbocycles. The Labute approximate surface area is 160 Å². The summed E-state index contributed by atoms with van der Waals surface area (Å²) in [5.74, 6) is 1.68. The molecule has 0 aliphatic rings. The highest BCUT2D eigenvalue weighted by molar-refractivity contribution is 5.71.